The zero-order valence-corrected chi connectivity index (χ0v) is 16.0. The number of benzene rings is 1. The summed E-state index contributed by atoms with van der Waals surface area (Å²) in [5.41, 5.74) is 3.81. The lowest BCUT2D eigenvalue weighted by Crippen LogP contribution is -2.35. The van der Waals surface area contributed by atoms with Gasteiger partial charge in [0.15, 0.2) is 0 Å². The number of amides is 1. The van der Waals surface area contributed by atoms with E-state index in [0.29, 0.717) is 25.3 Å². The lowest BCUT2D eigenvalue weighted by molar-refractivity contribution is 0.0734. The molecule has 1 amide bonds. The molecule has 1 aliphatic heterocycles. The largest absolute Gasteiger partial charge is 0.495 e. The first-order valence-corrected chi connectivity index (χ1v) is 9.14. The molecular weight excluding hydrogens is 356 g/mol. The van der Waals surface area contributed by atoms with Crippen molar-refractivity contribution in [3.8, 4) is 11.5 Å². The number of aryl methyl sites for hydroxylation is 1. The fourth-order valence-corrected chi connectivity index (χ4v) is 3.29. The maximum absolute atomic E-state index is 12.7. The number of rotatable bonds is 5. The minimum absolute atomic E-state index is 0.00695. The first kappa shape index (κ1) is 18.0. The third kappa shape index (κ3) is 3.83. The maximum atomic E-state index is 12.7. The van der Waals surface area contributed by atoms with Crippen molar-refractivity contribution in [1.82, 2.24) is 19.7 Å². The van der Waals surface area contributed by atoms with Crippen molar-refractivity contribution in [2.45, 2.75) is 19.6 Å². The number of hydrogen-bond donors (Lipinski definition) is 0. The van der Waals surface area contributed by atoms with Gasteiger partial charge in [-0.25, -0.2) is 0 Å². The SMILES string of the molecule is COc1ccc(COc2ccc3c(c2)CN(C(=O)c2cnn(C)c2)CC3)nc1. The molecule has 0 unspecified atom stereocenters. The van der Waals surface area contributed by atoms with E-state index in [0.717, 1.165) is 29.2 Å². The van der Waals surface area contributed by atoms with Crippen LogP contribution in [-0.4, -0.2) is 39.2 Å². The summed E-state index contributed by atoms with van der Waals surface area (Å²) in [4.78, 5) is 18.9. The highest BCUT2D eigenvalue weighted by atomic mass is 16.5. The molecule has 0 saturated carbocycles. The van der Waals surface area contributed by atoms with E-state index in [9.17, 15) is 4.79 Å². The molecule has 3 aromatic rings. The Kier molecular flexibility index (Phi) is 4.97. The van der Waals surface area contributed by atoms with Crippen LogP contribution in [0.25, 0.3) is 0 Å². The smallest absolute Gasteiger partial charge is 0.257 e. The van der Waals surface area contributed by atoms with Crippen LogP contribution in [0, 0.1) is 0 Å². The molecule has 0 aliphatic carbocycles. The van der Waals surface area contributed by atoms with E-state index < -0.39 is 0 Å². The van der Waals surface area contributed by atoms with Crippen molar-refractivity contribution in [2.75, 3.05) is 13.7 Å². The molecule has 4 rings (SSSR count). The molecule has 3 heterocycles. The van der Waals surface area contributed by atoms with E-state index in [1.807, 2.05) is 36.2 Å². The molecule has 0 atom stereocenters. The molecule has 0 bridgehead atoms. The average Bonchev–Trinajstić information content (AvgIpc) is 3.17. The van der Waals surface area contributed by atoms with Gasteiger partial charge in [-0.2, -0.15) is 5.10 Å². The zero-order chi connectivity index (χ0) is 19.5. The van der Waals surface area contributed by atoms with Crippen LogP contribution in [0.15, 0.2) is 48.9 Å². The van der Waals surface area contributed by atoms with Gasteiger partial charge in [0.25, 0.3) is 5.91 Å². The molecule has 28 heavy (non-hydrogen) atoms. The second-order valence-corrected chi connectivity index (χ2v) is 6.79. The van der Waals surface area contributed by atoms with Crippen LogP contribution in [-0.2, 0) is 26.6 Å². The zero-order valence-electron chi connectivity index (χ0n) is 16.0. The summed E-state index contributed by atoms with van der Waals surface area (Å²) >= 11 is 0. The standard InChI is InChI=1S/C21H22N4O3/c1-24-12-17(10-23-24)21(26)25-8-7-15-3-5-19(9-16(15)13-25)28-14-18-4-6-20(27-2)11-22-18/h3-6,9-12H,7-8,13-14H2,1-2H3. The maximum Gasteiger partial charge on any atom is 0.257 e. The minimum Gasteiger partial charge on any atom is -0.495 e. The lowest BCUT2D eigenvalue weighted by atomic mass is 9.99. The third-order valence-corrected chi connectivity index (χ3v) is 4.85. The Morgan fingerprint density at radius 3 is 2.71 bits per heavy atom. The number of carbonyl (C=O) groups excluding carboxylic acids is 1. The van der Waals surface area contributed by atoms with Gasteiger partial charge in [-0.15, -0.1) is 0 Å². The second-order valence-electron chi connectivity index (χ2n) is 6.79. The van der Waals surface area contributed by atoms with Crippen LogP contribution >= 0.6 is 0 Å². The summed E-state index contributed by atoms with van der Waals surface area (Å²) in [6.45, 7) is 1.65. The number of aromatic nitrogens is 3. The van der Waals surface area contributed by atoms with E-state index in [2.05, 4.69) is 16.1 Å². The fraction of sp³-hybridized carbons (Fsp3) is 0.286. The summed E-state index contributed by atoms with van der Waals surface area (Å²) in [5.74, 6) is 1.50. The summed E-state index contributed by atoms with van der Waals surface area (Å²) < 4.78 is 12.7. The molecule has 7 heteroatoms. The average molecular weight is 378 g/mol. The molecule has 0 radical (unpaired) electrons. The topological polar surface area (TPSA) is 69.5 Å². The van der Waals surface area contributed by atoms with E-state index >= 15 is 0 Å². The van der Waals surface area contributed by atoms with Crippen LogP contribution in [0.3, 0.4) is 0 Å². The number of fused-ring (bicyclic) bond motifs is 1. The molecule has 0 fully saturated rings. The quantitative estimate of drug-likeness (QED) is 0.683. The van der Waals surface area contributed by atoms with Crippen molar-refractivity contribution in [3.63, 3.8) is 0 Å². The van der Waals surface area contributed by atoms with Crippen LogP contribution in [0.4, 0.5) is 0 Å². The molecule has 0 saturated heterocycles. The van der Waals surface area contributed by atoms with E-state index in [1.54, 1.807) is 30.4 Å². The molecule has 7 nitrogen and oxygen atoms in total. The molecule has 1 aromatic carbocycles. The molecule has 144 valence electrons. The van der Waals surface area contributed by atoms with Crippen LogP contribution in [0.5, 0.6) is 11.5 Å². The molecule has 0 N–H and O–H groups in total. The van der Waals surface area contributed by atoms with E-state index in [-0.39, 0.29) is 5.91 Å². The monoisotopic (exact) mass is 378 g/mol. The Balaban J connectivity index is 1.43. The third-order valence-electron chi connectivity index (χ3n) is 4.85. The Bertz CT molecular complexity index is 982. The number of ether oxygens (including phenoxy) is 2. The fourth-order valence-electron chi connectivity index (χ4n) is 3.29. The van der Waals surface area contributed by atoms with E-state index in [1.165, 1.54) is 5.56 Å². The van der Waals surface area contributed by atoms with Crippen molar-refractivity contribution in [2.24, 2.45) is 7.05 Å². The van der Waals surface area contributed by atoms with Gasteiger partial charge < -0.3 is 14.4 Å². The molecule has 2 aromatic heterocycles. The Labute approximate surface area is 163 Å². The van der Waals surface area contributed by atoms with Crippen LogP contribution in [0.2, 0.25) is 0 Å². The van der Waals surface area contributed by atoms with Gasteiger partial charge in [-0.1, -0.05) is 6.07 Å². The summed E-state index contributed by atoms with van der Waals surface area (Å²) in [7, 11) is 3.42. The summed E-state index contributed by atoms with van der Waals surface area (Å²) in [5, 5.41) is 4.09. The van der Waals surface area contributed by atoms with Crippen molar-refractivity contribution >= 4 is 5.91 Å². The predicted molar refractivity (Wildman–Crippen MR) is 103 cm³/mol. The van der Waals surface area contributed by atoms with Crippen molar-refractivity contribution < 1.29 is 14.3 Å². The Hall–Kier alpha value is -3.35. The Morgan fingerprint density at radius 1 is 1.14 bits per heavy atom. The minimum atomic E-state index is 0.00695. The highest BCUT2D eigenvalue weighted by Gasteiger charge is 2.23. The number of carbonyl (C=O) groups is 1. The second kappa shape index (κ2) is 7.72. The number of hydrogen-bond acceptors (Lipinski definition) is 5. The Morgan fingerprint density at radius 2 is 2.00 bits per heavy atom. The van der Waals surface area contributed by atoms with Crippen LogP contribution < -0.4 is 9.47 Å². The molecule has 0 spiro atoms. The van der Waals surface area contributed by atoms with Gasteiger partial charge in [0.1, 0.15) is 18.1 Å². The number of pyridine rings is 1. The summed E-state index contributed by atoms with van der Waals surface area (Å²) in [6, 6.07) is 9.81. The van der Waals surface area contributed by atoms with Crippen LogP contribution in [0.1, 0.15) is 27.2 Å². The van der Waals surface area contributed by atoms with Crippen molar-refractivity contribution in [3.05, 3.63) is 71.3 Å². The van der Waals surface area contributed by atoms with Gasteiger partial charge in [0.05, 0.1) is 30.8 Å². The lowest BCUT2D eigenvalue weighted by Gasteiger charge is -2.29. The number of nitrogens with zero attached hydrogens (tertiary/aromatic N) is 4. The summed E-state index contributed by atoms with van der Waals surface area (Å²) in [6.07, 6.45) is 5.87. The normalized spacial score (nSPS) is 13.1. The van der Waals surface area contributed by atoms with Crippen molar-refractivity contribution in [1.29, 1.82) is 0 Å². The first-order chi connectivity index (χ1) is 13.6. The predicted octanol–water partition coefficient (Wildman–Crippen LogP) is 2.60. The van der Waals surface area contributed by atoms with E-state index in [4.69, 9.17) is 9.47 Å². The first-order valence-electron chi connectivity index (χ1n) is 9.14. The highest BCUT2D eigenvalue weighted by molar-refractivity contribution is 5.93. The van der Waals surface area contributed by atoms with Gasteiger partial charge in [0, 0.05) is 26.3 Å². The number of methoxy groups -OCH3 is 1. The molecule has 1 aliphatic rings. The van der Waals surface area contributed by atoms with Gasteiger partial charge in [-0.05, 0) is 41.8 Å². The van der Waals surface area contributed by atoms with Gasteiger partial charge in [0.2, 0.25) is 0 Å². The molecular formula is C21H22N4O3. The van der Waals surface area contributed by atoms with Gasteiger partial charge in [-0.3, -0.25) is 14.5 Å². The highest BCUT2D eigenvalue weighted by Crippen LogP contribution is 2.25. The van der Waals surface area contributed by atoms with Gasteiger partial charge >= 0.3 is 0 Å².